The lowest BCUT2D eigenvalue weighted by Crippen LogP contribution is -2.50. The van der Waals surface area contributed by atoms with E-state index in [0.717, 1.165) is 37.0 Å². The van der Waals surface area contributed by atoms with Gasteiger partial charge < -0.3 is 4.57 Å². The summed E-state index contributed by atoms with van der Waals surface area (Å²) in [7, 11) is 0. The highest BCUT2D eigenvalue weighted by Crippen LogP contribution is 2.67. The van der Waals surface area contributed by atoms with Gasteiger partial charge in [-0.1, -0.05) is 19.4 Å². The second-order valence-electron chi connectivity index (χ2n) is 9.62. The van der Waals surface area contributed by atoms with E-state index in [1.807, 2.05) is 18.6 Å². The fourth-order valence-corrected chi connectivity index (χ4v) is 7.48. The Morgan fingerprint density at radius 1 is 1.08 bits per heavy atom. The number of ketones is 1. The minimum atomic E-state index is 0.297. The van der Waals surface area contributed by atoms with Gasteiger partial charge in [0.15, 0.2) is 5.78 Å². The van der Waals surface area contributed by atoms with Gasteiger partial charge in [0.05, 0.1) is 6.33 Å². The van der Waals surface area contributed by atoms with Crippen molar-refractivity contribution in [3.05, 3.63) is 30.4 Å². The summed E-state index contributed by atoms with van der Waals surface area (Å²) in [6.45, 7) is 5.04. The largest absolute Gasteiger partial charge is 0.334 e. The van der Waals surface area contributed by atoms with Gasteiger partial charge in [-0.25, -0.2) is 4.98 Å². The van der Waals surface area contributed by atoms with Crippen LogP contribution in [-0.2, 0) is 4.79 Å². The third-order valence-electron chi connectivity index (χ3n) is 8.80. The number of allylic oxidation sites excluding steroid dienone is 1. The van der Waals surface area contributed by atoms with Crippen LogP contribution in [0.5, 0.6) is 0 Å². The van der Waals surface area contributed by atoms with Crippen LogP contribution in [0.4, 0.5) is 0 Å². The molecule has 3 fully saturated rings. The predicted molar refractivity (Wildman–Crippen MR) is 98.0 cm³/mol. The number of imidazole rings is 1. The fourth-order valence-electron chi connectivity index (χ4n) is 7.48. The van der Waals surface area contributed by atoms with Crippen LogP contribution in [0.2, 0.25) is 0 Å². The molecule has 0 radical (unpaired) electrons. The van der Waals surface area contributed by atoms with Crippen LogP contribution in [0.3, 0.4) is 0 Å². The quantitative estimate of drug-likeness (QED) is 0.725. The molecule has 6 atom stereocenters. The van der Waals surface area contributed by atoms with Gasteiger partial charge in [0, 0.05) is 24.9 Å². The molecule has 4 aliphatic rings. The van der Waals surface area contributed by atoms with Crippen molar-refractivity contribution in [3.8, 4) is 0 Å². The molecule has 134 valence electrons. The second kappa shape index (κ2) is 5.31. The number of hydrogen-bond donors (Lipinski definition) is 0. The minimum absolute atomic E-state index is 0.297. The number of hydrogen-bond acceptors (Lipinski definition) is 2. The summed E-state index contributed by atoms with van der Waals surface area (Å²) < 4.78 is 2.38. The Balaban J connectivity index is 1.48. The molecule has 3 saturated carbocycles. The Bertz CT molecular complexity index is 720. The number of aromatic nitrogens is 2. The van der Waals surface area contributed by atoms with Gasteiger partial charge in [0.25, 0.3) is 0 Å². The number of nitrogens with zero attached hydrogens (tertiary/aromatic N) is 2. The van der Waals surface area contributed by atoms with Crippen LogP contribution in [0.25, 0.3) is 0 Å². The summed E-state index contributed by atoms with van der Waals surface area (Å²) in [5.41, 5.74) is 2.20. The first kappa shape index (κ1) is 15.8. The fraction of sp³-hybridized carbons (Fsp3) is 0.727. The number of carbonyl (C=O) groups is 1. The van der Waals surface area contributed by atoms with Crippen LogP contribution < -0.4 is 0 Å². The van der Waals surface area contributed by atoms with E-state index in [9.17, 15) is 4.79 Å². The predicted octanol–water partition coefficient (Wildman–Crippen LogP) is 4.96. The SMILES string of the molecule is C[C@]12CC[C@H]3[C@@H](CCC4=CC(=O)CC[C@@]43C)[C@@H]1CC[C@H]2n1ccnc1. The van der Waals surface area contributed by atoms with Gasteiger partial charge in [-0.2, -0.15) is 0 Å². The van der Waals surface area contributed by atoms with Crippen LogP contribution in [0.1, 0.15) is 71.3 Å². The normalized spacial score (nSPS) is 46.2. The minimum Gasteiger partial charge on any atom is -0.334 e. The van der Waals surface area contributed by atoms with Gasteiger partial charge in [-0.05, 0) is 79.6 Å². The van der Waals surface area contributed by atoms with E-state index in [1.165, 1.54) is 37.7 Å². The Morgan fingerprint density at radius 2 is 1.96 bits per heavy atom. The van der Waals surface area contributed by atoms with Gasteiger partial charge in [-0.15, -0.1) is 0 Å². The van der Waals surface area contributed by atoms with Gasteiger partial charge in [0.1, 0.15) is 0 Å². The molecule has 25 heavy (non-hydrogen) atoms. The maximum Gasteiger partial charge on any atom is 0.155 e. The number of carbonyl (C=O) groups excluding carboxylic acids is 1. The Labute approximate surface area is 150 Å². The summed E-state index contributed by atoms with van der Waals surface area (Å²) in [5, 5.41) is 0. The van der Waals surface area contributed by atoms with E-state index >= 15 is 0 Å². The molecule has 0 saturated heterocycles. The zero-order chi connectivity index (χ0) is 17.2. The third-order valence-corrected chi connectivity index (χ3v) is 8.80. The topological polar surface area (TPSA) is 34.9 Å². The lowest BCUT2D eigenvalue weighted by Gasteiger charge is -2.58. The summed E-state index contributed by atoms with van der Waals surface area (Å²) in [6, 6.07) is 0.624. The number of rotatable bonds is 1. The molecule has 1 aromatic heterocycles. The first-order valence-corrected chi connectivity index (χ1v) is 10.2. The summed E-state index contributed by atoms with van der Waals surface area (Å²) in [5.74, 6) is 2.85. The molecule has 0 aromatic carbocycles. The zero-order valence-electron chi connectivity index (χ0n) is 15.6. The van der Waals surface area contributed by atoms with Crippen molar-refractivity contribution >= 4 is 5.78 Å². The van der Waals surface area contributed by atoms with Crippen molar-refractivity contribution in [2.75, 3.05) is 0 Å². The summed E-state index contributed by atoms with van der Waals surface area (Å²) in [4.78, 5) is 16.3. The van der Waals surface area contributed by atoms with Gasteiger partial charge >= 0.3 is 0 Å². The molecule has 1 aromatic rings. The van der Waals surface area contributed by atoms with E-state index in [-0.39, 0.29) is 0 Å². The highest BCUT2D eigenvalue weighted by atomic mass is 16.1. The average Bonchev–Trinajstić information content (AvgIpc) is 3.22. The molecule has 5 rings (SSSR count). The molecule has 0 bridgehead atoms. The first-order chi connectivity index (χ1) is 12.0. The second-order valence-corrected chi connectivity index (χ2v) is 9.62. The summed E-state index contributed by atoms with van der Waals surface area (Å²) >= 11 is 0. The number of fused-ring (bicyclic) bond motifs is 5. The van der Waals surface area contributed by atoms with Crippen molar-refractivity contribution in [2.24, 2.45) is 28.6 Å². The van der Waals surface area contributed by atoms with E-state index in [1.54, 1.807) is 0 Å². The molecule has 3 nitrogen and oxygen atoms in total. The monoisotopic (exact) mass is 338 g/mol. The van der Waals surface area contributed by atoms with E-state index in [2.05, 4.69) is 29.6 Å². The van der Waals surface area contributed by atoms with Crippen molar-refractivity contribution in [1.82, 2.24) is 9.55 Å². The first-order valence-electron chi connectivity index (χ1n) is 10.2. The summed E-state index contributed by atoms with van der Waals surface area (Å²) in [6.07, 6.45) is 17.8. The Kier molecular flexibility index (Phi) is 3.37. The third kappa shape index (κ3) is 2.10. The van der Waals surface area contributed by atoms with Crippen molar-refractivity contribution < 1.29 is 4.79 Å². The van der Waals surface area contributed by atoms with E-state index in [0.29, 0.717) is 22.7 Å². The molecular formula is C22H30N2O. The molecule has 0 aliphatic heterocycles. The zero-order valence-corrected chi connectivity index (χ0v) is 15.6. The Hall–Kier alpha value is -1.38. The molecule has 0 spiro atoms. The van der Waals surface area contributed by atoms with Crippen molar-refractivity contribution in [3.63, 3.8) is 0 Å². The lowest BCUT2D eigenvalue weighted by atomic mass is 9.47. The molecule has 3 heteroatoms. The van der Waals surface area contributed by atoms with Crippen molar-refractivity contribution in [2.45, 2.75) is 71.3 Å². The van der Waals surface area contributed by atoms with Crippen LogP contribution in [0, 0.1) is 28.6 Å². The molecule has 0 N–H and O–H groups in total. The molecule has 0 amide bonds. The highest BCUT2D eigenvalue weighted by molar-refractivity contribution is 5.91. The highest BCUT2D eigenvalue weighted by Gasteiger charge is 2.59. The molecule has 4 aliphatic carbocycles. The van der Waals surface area contributed by atoms with E-state index in [4.69, 9.17) is 0 Å². The molecular weight excluding hydrogens is 308 g/mol. The van der Waals surface area contributed by atoms with Crippen LogP contribution in [-0.4, -0.2) is 15.3 Å². The van der Waals surface area contributed by atoms with Gasteiger partial charge in [-0.3, -0.25) is 4.79 Å². The van der Waals surface area contributed by atoms with Crippen LogP contribution >= 0.6 is 0 Å². The van der Waals surface area contributed by atoms with Gasteiger partial charge in [0.2, 0.25) is 0 Å². The standard InChI is InChI=1S/C22H30N2O/c1-21-9-7-16(25)13-15(21)3-4-17-18-5-6-20(24-12-11-23-14-24)22(18,2)10-8-19(17)21/h11-14,17-20H,3-10H2,1-2H3/t17-,18-,19-,20+,21-,22-/m0/s1. The van der Waals surface area contributed by atoms with Crippen LogP contribution in [0.15, 0.2) is 30.4 Å². The maximum absolute atomic E-state index is 11.9. The average molecular weight is 338 g/mol. The molecule has 1 heterocycles. The maximum atomic E-state index is 11.9. The lowest BCUT2D eigenvalue weighted by molar-refractivity contribution is -0.117. The Morgan fingerprint density at radius 3 is 2.76 bits per heavy atom. The molecule has 0 unspecified atom stereocenters. The smallest absolute Gasteiger partial charge is 0.155 e. The van der Waals surface area contributed by atoms with Crippen molar-refractivity contribution in [1.29, 1.82) is 0 Å². The van der Waals surface area contributed by atoms with E-state index < -0.39 is 0 Å².